The lowest BCUT2D eigenvalue weighted by molar-refractivity contribution is -0.131. The zero-order valence-corrected chi connectivity index (χ0v) is 7.25. The first-order chi connectivity index (χ1) is 6.09. The molecule has 0 amide bonds. The molecule has 0 aliphatic carbocycles. The number of aromatic carboxylic acids is 1. The highest BCUT2D eigenvalue weighted by Gasteiger charge is 2.04. The van der Waals surface area contributed by atoms with E-state index >= 15 is 0 Å². The maximum atomic E-state index is 10.4. The Labute approximate surface area is 77.8 Å². The highest BCUT2D eigenvalue weighted by Crippen LogP contribution is 2.15. The van der Waals surface area contributed by atoms with E-state index in [-0.39, 0.29) is 4.88 Å². The highest BCUT2D eigenvalue weighted by atomic mass is 32.1. The van der Waals surface area contributed by atoms with Crippen LogP contribution in [0, 0.1) is 0 Å². The summed E-state index contributed by atoms with van der Waals surface area (Å²) in [5.41, 5.74) is 0.588. The molecule has 0 radical (unpaired) electrons. The van der Waals surface area contributed by atoms with Crippen LogP contribution in [0.15, 0.2) is 17.5 Å². The molecule has 0 bridgehead atoms. The van der Waals surface area contributed by atoms with Crippen LogP contribution in [0.1, 0.15) is 15.2 Å². The van der Waals surface area contributed by atoms with E-state index in [1.54, 1.807) is 5.38 Å². The fourth-order valence-electron chi connectivity index (χ4n) is 0.718. The van der Waals surface area contributed by atoms with Crippen molar-refractivity contribution in [1.82, 2.24) is 0 Å². The summed E-state index contributed by atoms with van der Waals surface area (Å²) in [4.78, 5) is 20.7. The standard InChI is InChI=1S/C8H6O4S/c9-7(10)2-1-5-3-6(8(11)12)13-4-5/h1-4H,(H,9,10)(H,11,12)/b2-1+. The van der Waals surface area contributed by atoms with Gasteiger partial charge in [0.2, 0.25) is 0 Å². The first-order valence-corrected chi connectivity index (χ1v) is 4.20. The Morgan fingerprint density at radius 3 is 2.54 bits per heavy atom. The Morgan fingerprint density at radius 2 is 2.08 bits per heavy atom. The fraction of sp³-hybridized carbons (Fsp3) is 0. The molecule has 0 aliphatic rings. The van der Waals surface area contributed by atoms with Gasteiger partial charge in [-0.3, -0.25) is 0 Å². The number of aliphatic carboxylic acids is 1. The van der Waals surface area contributed by atoms with Gasteiger partial charge in [-0.2, -0.15) is 0 Å². The average molecular weight is 198 g/mol. The summed E-state index contributed by atoms with van der Waals surface area (Å²) in [6.07, 6.45) is 2.32. The molecule has 5 heteroatoms. The number of thiophene rings is 1. The molecule has 4 nitrogen and oxygen atoms in total. The molecule has 1 aromatic rings. The van der Waals surface area contributed by atoms with E-state index in [0.29, 0.717) is 5.56 Å². The molecule has 0 saturated heterocycles. The monoisotopic (exact) mass is 198 g/mol. The number of rotatable bonds is 3. The van der Waals surface area contributed by atoms with Crippen LogP contribution in [-0.2, 0) is 4.79 Å². The smallest absolute Gasteiger partial charge is 0.345 e. The normalized spacial score (nSPS) is 10.5. The van der Waals surface area contributed by atoms with Gasteiger partial charge in [0.1, 0.15) is 4.88 Å². The number of hydrogen-bond donors (Lipinski definition) is 2. The van der Waals surface area contributed by atoms with Crippen molar-refractivity contribution >= 4 is 29.4 Å². The lowest BCUT2D eigenvalue weighted by Crippen LogP contribution is -1.90. The summed E-state index contributed by atoms with van der Waals surface area (Å²) in [7, 11) is 0. The zero-order valence-electron chi connectivity index (χ0n) is 6.43. The molecule has 0 aliphatic heterocycles. The quantitative estimate of drug-likeness (QED) is 0.722. The van der Waals surface area contributed by atoms with E-state index in [9.17, 15) is 9.59 Å². The van der Waals surface area contributed by atoms with E-state index in [0.717, 1.165) is 17.4 Å². The summed E-state index contributed by atoms with van der Waals surface area (Å²) in [6.45, 7) is 0. The van der Waals surface area contributed by atoms with Gasteiger partial charge < -0.3 is 10.2 Å². The van der Waals surface area contributed by atoms with Crippen LogP contribution in [-0.4, -0.2) is 22.2 Å². The lowest BCUT2D eigenvalue weighted by atomic mass is 10.3. The summed E-state index contributed by atoms with van der Waals surface area (Å²) < 4.78 is 0. The molecule has 1 heterocycles. The van der Waals surface area contributed by atoms with Crippen molar-refractivity contribution in [2.45, 2.75) is 0 Å². The van der Waals surface area contributed by atoms with Crippen LogP contribution >= 0.6 is 11.3 Å². The first kappa shape index (κ1) is 9.47. The Balaban J connectivity index is 2.80. The molecule has 2 N–H and O–H groups in total. The molecule has 0 unspecified atom stereocenters. The van der Waals surface area contributed by atoms with E-state index in [4.69, 9.17) is 10.2 Å². The predicted molar refractivity (Wildman–Crippen MR) is 47.9 cm³/mol. The van der Waals surface area contributed by atoms with Gasteiger partial charge in [0.25, 0.3) is 0 Å². The Morgan fingerprint density at radius 1 is 1.38 bits per heavy atom. The largest absolute Gasteiger partial charge is 0.478 e. The second-order valence-electron chi connectivity index (χ2n) is 2.22. The maximum absolute atomic E-state index is 10.4. The van der Waals surface area contributed by atoms with Gasteiger partial charge >= 0.3 is 11.9 Å². The highest BCUT2D eigenvalue weighted by molar-refractivity contribution is 7.12. The molecular weight excluding hydrogens is 192 g/mol. The number of carbonyl (C=O) groups is 2. The van der Waals surface area contributed by atoms with Crippen LogP contribution in [0.4, 0.5) is 0 Å². The predicted octanol–water partition coefficient (Wildman–Crippen LogP) is 1.54. The van der Waals surface area contributed by atoms with E-state index < -0.39 is 11.9 Å². The minimum atomic E-state index is -1.05. The second kappa shape index (κ2) is 3.86. The van der Waals surface area contributed by atoms with Crippen molar-refractivity contribution in [3.05, 3.63) is 28.0 Å². The number of carboxylic acid groups (broad SMARTS) is 2. The van der Waals surface area contributed by atoms with Crippen molar-refractivity contribution in [3.8, 4) is 0 Å². The molecule has 0 aromatic carbocycles. The molecule has 0 saturated carbocycles. The maximum Gasteiger partial charge on any atom is 0.345 e. The molecule has 0 fully saturated rings. The summed E-state index contributed by atoms with van der Waals surface area (Å²) in [5, 5.41) is 18.4. The number of carboxylic acids is 2. The Bertz CT molecular complexity index is 364. The van der Waals surface area contributed by atoms with Crippen molar-refractivity contribution in [2.75, 3.05) is 0 Å². The second-order valence-corrected chi connectivity index (χ2v) is 3.13. The molecule has 68 valence electrons. The van der Waals surface area contributed by atoms with Gasteiger partial charge in [-0.1, -0.05) is 0 Å². The molecular formula is C8H6O4S. The summed E-state index contributed by atoms with van der Waals surface area (Å²) in [6, 6.07) is 1.42. The van der Waals surface area contributed by atoms with Gasteiger partial charge in [-0.15, -0.1) is 11.3 Å². The van der Waals surface area contributed by atoms with Crippen LogP contribution < -0.4 is 0 Å². The van der Waals surface area contributed by atoms with Crippen molar-refractivity contribution < 1.29 is 19.8 Å². The SMILES string of the molecule is O=C(O)/C=C/c1csc(C(=O)O)c1. The lowest BCUT2D eigenvalue weighted by Gasteiger charge is -1.82. The first-order valence-electron chi connectivity index (χ1n) is 3.32. The zero-order chi connectivity index (χ0) is 9.84. The van der Waals surface area contributed by atoms with E-state index in [2.05, 4.69) is 0 Å². The minimum absolute atomic E-state index is 0.199. The third kappa shape index (κ3) is 2.72. The molecule has 0 atom stereocenters. The average Bonchev–Trinajstić information content (AvgIpc) is 2.48. The van der Waals surface area contributed by atoms with Crippen molar-refractivity contribution in [1.29, 1.82) is 0 Å². The van der Waals surface area contributed by atoms with Gasteiger partial charge in [0.05, 0.1) is 0 Å². The topological polar surface area (TPSA) is 74.6 Å². The Kier molecular flexibility index (Phi) is 2.81. The molecule has 1 rings (SSSR count). The van der Waals surface area contributed by atoms with Crippen molar-refractivity contribution in [2.24, 2.45) is 0 Å². The third-order valence-corrected chi connectivity index (χ3v) is 2.19. The van der Waals surface area contributed by atoms with E-state index in [1.165, 1.54) is 12.1 Å². The number of hydrogen-bond acceptors (Lipinski definition) is 3. The van der Waals surface area contributed by atoms with Crippen LogP contribution in [0.25, 0.3) is 6.08 Å². The van der Waals surface area contributed by atoms with Gasteiger partial charge in [-0.05, 0) is 23.1 Å². The summed E-state index contributed by atoms with van der Waals surface area (Å²) in [5.74, 6) is -2.05. The molecule has 13 heavy (non-hydrogen) atoms. The van der Waals surface area contributed by atoms with Gasteiger partial charge in [0, 0.05) is 6.08 Å². The molecule has 1 aromatic heterocycles. The van der Waals surface area contributed by atoms with Gasteiger partial charge in [-0.25, -0.2) is 9.59 Å². The Hall–Kier alpha value is -1.62. The fourth-order valence-corrected chi connectivity index (χ4v) is 1.43. The van der Waals surface area contributed by atoms with Crippen LogP contribution in [0.2, 0.25) is 0 Å². The van der Waals surface area contributed by atoms with Crippen LogP contribution in [0.3, 0.4) is 0 Å². The van der Waals surface area contributed by atoms with Crippen LogP contribution in [0.5, 0.6) is 0 Å². The summed E-state index contributed by atoms with van der Waals surface area (Å²) >= 11 is 1.07. The minimum Gasteiger partial charge on any atom is -0.478 e. The third-order valence-electron chi connectivity index (χ3n) is 1.25. The van der Waals surface area contributed by atoms with E-state index in [1.807, 2.05) is 0 Å². The van der Waals surface area contributed by atoms with Crippen molar-refractivity contribution in [3.63, 3.8) is 0 Å². The van der Waals surface area contributed by atoms with Gasteiger partial charge in [0.15, 0.2) is 0 Å². The molecule has 0 spiro atoms.